The summed E-state index contributed by atoms with van der Waals surface area (Å²) in [7, 11) is 0. The summed E-state index contributed by atoms with van der Waals surface area (Å²) in [5, 5.41) is 6.34. The van der Waals surface area contributed by atoms with Gasteiger partial charge in [-0.05, 0) is 25.7 Å². The van der Waals surface area contributed by atoms with Crippen molar-refractivity contribution in [1.29, 1.82) is 0 Å². The van der Waals surface area contributed by atoms with Crippen LogP contribution in [-0.2, 0) is 0 Å². The lowest BCUT2D eigenvalue weighted by Gasteiger charge is -2.31. The molecule has 1 saturated heterocycles. The van der Waals surface area contributed by atoms with Crippen molar-refractivity contribution in [3.8, 4) is 0 Å². The molecule has 1 atom stereocenters. The summed E-state index contributed by atoms with van der Waals surface area (Å²) >= 11 is 0. The molecule has 116 valence electrons. The van der Waals surface area contributed by atoms with Gasteiger partial charge in [0.15, 0.2) is 5.82 Å². The quantitative estimate of drug-likeness (QED) is 0.936. The first kappa shape index (κ1) is 14.5. The van der Waals surface area contributed by atoms with Crippen LogP contribution in [0.4, 0.5) is 11.6 Å². The van der Waals surface area contributed by atoms with Gasteiger partial charge in [-0.25, -0.2) is 9.97 Å². The summed E-state index contributed by atoms with van der Waals surface area (Å²) < 4.78 is 4.90. The van der Waals surface area contributed by atoms with E-state index < -0.39 is 0 Å². The molecule has 0 saturated carbocycles. The molecule has 0 aromatic carbocycles. The molecule has 3 heterocycles. The maximum absolute atomic E-state index is 12.1. The Morgan fingerprint density at radius 2 is 2.27 bits per heavy atom. The van der Waals surface area contributed by atoms with Crippen LogP contribution in [0.25, 0.3) is 0 Å². The molecule has 0 aliphatic carbocycles. The van der Waals surface area contributed by atoms with E-state index in [-0.39, 0.29) is 11.6 Å². The van der Waals surface area contributed by atoms with Gasteiger partial charge in [-0.1, -0.05) is 12.1 Å². The van der Waals surface area contributed by atoms with E-state index in [1.165, 1.54) is 12.6 Å². The number of piperidine rings is 1. The maximum Gasteiger partial charge on any atom is 0.277 e. The van der Waals surface area contributed by atoms with Crippen LogP contribution in [0.1, 0.15) is 36.0 Å². The predicted molar refractivity (Wildman–Crippen MR) is 81.8 cm³/mol. The fourth-order valence-electron chi connectivity index (χ4n) is 2.60. The van der Waals surface area contributed by atoms with Gasteiger partial charge in [0.25, 0.3) is 5.91 Å². The van der Waals surface area contributed by atoms with Gasteiger partial charge in [-0.3, -0.25) is 4.79 Å². The fraction of sp³-hybridized carbons (Fsp3) is 0.467. The van der Waals surface area contributed by atoms with Crippen LogP contribution in [0.3, 0.4) is 0 Å². The van der Waals surface area contributed by atoms with Gasteiger partial charge in [-0.2, -0.15) is 0 Å². The molecule has 1 aliphatic heterocycles. The summed E-state index contributed by atoms with van der Waals surface area (Å²) in [6.07, 6.45) is 5.57. The van der Waals surface area contributed by atoms with Gasteiger partial charge >= 0.3 is 0 Å². The van der Waals surface area contributed by atoms with E-state index in [1.807, 2.05) is 0 Å². The van der Waals surface area contributed by atoms with E-state index in [9.17, 15) is 4.79 Å². The molecule has 22 heavy (non-hydrogen) atoms. The molecule has 0 spiro atoms. The number of carbonyl (C=O) groups is 1. The normalized spacial score (nSPS) is 18.3. The summed E-state index contributed by atoms with van der Waals surface area (Å²) in [4.78, 5) is 22.8. The Labute approximate surface area is 128 Å². The van der Waals surface area contributed by atoms with Crippen LogP contribution >= 0.6 is 0 Å². The third kappa shape index (κ3) is 3.24. The van der Waals surface area contributed by atoms with Gasteiger partial charge in [0.2, 0.25) is 0 Å². The minimum Gasteiger partial charge on any atom is -0.360 e. The highest BCUT2D eigenvalue weighted by Gasteiger charge is 2.18. The summed E-state index contributed by atoms with van der Waals surface area (Å²) in [5.74, 6) is 2.14. The molecule has 2 aromatic heterocycles. The van der Waals surface area contributed by atoms with Gasteiger partial charge in [-0.15, -0.1) is 0 Å². The maximum atomic E-state index is 12.1. The van der Waals surface area contributed by atoms with E-state index in [0.29, 0.717) is 17.5 Å². The first-order chi connectivity index (χ1) is 10.6. The number of rotatable bonds is 3. The van der Waals surface area contributed by atoms with Crippen LogP contribution < -0.4 is 10.2 Å². The van der Waals surface area contributed by atoms with E-state index in [2.05, 4.69) is 32.3 Å². The van der Waals surface area contributed by atoms with Crippen molar-refractivity contribution in [2.24, 2.45) is 5.92 Å². The number of amides is 1. The zero-order valence-electron chi connectivity index (χ0n) is 12.7. The van der Waals surface area contributed by atoms with Crippen LogP contribution in [-0.4, -0.2) is 34.1 Å². The molecular weight excluding hydrogens is 282 g/mol. The van der Waals surface area contributed by atoms with E-state index in [4.69, 9.17) is 4.52 Å². The highest BCUT2D eigenvalue weighted by Crippen LogP contribution is 2.20. The molecule has 2 aromatic rings. The minimum absolute atomic E-state index is 0.259. The molecule has 1 unspecified atom stereocenters. The SMILES string of the molecule is Cc1cc(NC(=O)c2cnc(N3CCCC(C)C3)cn2)no1. The zero-order valence-corrected chi connectivity index (χ0v) is 12.7. The van der Waals surface area contributed by atoms with Crippen molar-refractivity contribution in [3.05, 3.63) is 29.9 Å². The van der Waals surface area contributed by atoms with Crippen molar-refractivity contribution >= 4 is 17.5 Å². The first-order valence-corrected chi connectivity index (χ1v) is 7.43. The van der Waals surface area contributed by atoms with Crippen LogP contribution in [0.2, 0.25) is 0 Å². The highest BCUT2D eigenvalue weighted by molar-refractivity contribution is 6.02. The Morgan fingerprint density at radius 1 is 1.41 bits per heavy atom. The van der Waals surface area contributed by atoms with Gasteiger partial charge < -0.3 is 14.7 Å². The average Bonchev–Trinajstić information content (AvgIpc) is 2.92. The highest BCUT2D eigenvalue weighted by atomic mass is 16.5. The molecule has 7 nitrogen and oxygen atoms in total. The molecule has 1 N–H and O–H groups in total. The number of aryl methyl sites for hydroxylation is 1. The number of carbonyl (C=O) groups excluding carboxylic acids is 1. The van der Waals surface area contributed by atoms with E-state index in [0.717, 1.165) is 25.3 Å². The lowest BCUT2D eigenvalue weighted by Crippen LogP contribution is -2.35. The predicted octanol–water partition coefficient (Wildman–Crippen LogP) is 2.26. The van der Waals surface area contributed by atoms with Crippen molar-refractivity contribution in [1.82, 2.24) is 15.1 Å². The number of hydrogen-bond donors (Lipinski definition) is 1. The lowest BCUT2D eigenvalue weighted by atomic mass is 10.0. The molecule has 1 fully saturated rings. The smallest absolute Gasteiger partial charge is 0.277 e. The molecule has 1 aliphatic rings. The van der Waals surface area contributed by atoms with Gasteiger partial charge in [0, 0.05) is 19.2 Å². The lowest BCUT2D eigenvalue weighted by molar-refractivity contribution is 0.102. The number of nitrogens with zero attached hydrogens (tertiary/aromatic N) is 4. The second-order valence-corrected chi connectivity index (χ2v) is 5.73. The largest absolute Gasteiger partial charge is 0.360 e. The topological polar surface area (TPSA) is 84.2 Å². The van der Waals surface area contributed by atoms with Crippen molar-refractivity contribution in [3.63, 3.8) is 0 Å². The van der Waals surface area contributed by atoms with Crippen LogP contribution in [0, 0.1) is 12.8 Å². The molecule has 1 amide bonds. The fourth-order valence-corrected chi connectivity index (χ4v) is 2.60. The van der Waals surface area contributed by atoms with Crippen molar-refractivity contribution in [2.45, 2.75) is 26.7 Å². The van der Waals surface area contributed by atoms with Crippen molar-refractivity contribution in [2.75, 3.05) is 23.3 Å². The second kappa shape index (κ2) is 6.13. The Morgan fingerprint density at radius 3 is 2.91 bits per heavy atom. The Balaban J connectivity index is 1.67. The molecule has 0 bridgehead atoms. The Kier molecular flexibility index (Phi) is 4.04. The Bertz CT molecular complexity index is 652. The standard InChI is InChI=1S/C15H19N5O2/c1-10-4-3-5-20(9-10)14-8-16-12(7-17-14)15(21)18-13-6-11(2)22-19-13/h6-8,10H,3-5,9H2,1-2H3,(H,18,19,21). The summed E-state index contributed by atoms with van der Waals surface area (Å²) in [5.41, 5.74) is 0.259. The number of nitrogens with one attached hydrogen (secondary N) is 1. The van der Waals surface area contributed by atoms with Gasteiger partial charge in [0.1, 0.15) is 17.3 Å². The zero-order chi connectivity index (χ0) is 15.5. The first-order valence-electron chi connectivity index (χ1n) is 7.43. The monoisotopic (exact) mass is 301 g/mol. The minimum atomic E-state index is -0.348. The third-order valence-corrected chi connectivity index (χ3v) is 3.72. The number of aromatic nitrogens is 3. The van der Waals surface area contributed by atoms with E-state index in [1.54, 1.807) is 19.2 Å². The molecule has 3 rings (SSSR count). The summed E-state index contributed by atoms with van der Waals surface area (Å²) in [6, 6.07) is 1.65. The molecule has 0 radical (unpaired) electrons. The van der Waals surface area contributed by atoms with Crippen molar-refractivity contribution < 1.29 is 9.32 Å². The molecule has 7 heteroatoms. The van der Waals surface area contributed by atoms with E-state index >= 15 is 0 Å². The average molecular weight is 301 g/mol. The Hall–Kier alpha value is -2.44. The van der Waals surface area contributed by atoms with Gasteiger partial charge in [0.05, 0.1) is 12.4 Å². The number of anilines is 2. The molecular formula is C15H19N5O2. The van der Waals surface area contributed by atoms with Crippen LogP contribution in [0.5, 0.6) is 0 Å². The van der Waals surface area contributed by atoms with Crippen LogP contribution in [0.15, 0.2) is 23.0 Å². The summed E-state index contributed by atoms with van der Waals surface area (Å²) in [6.45, 7) is 5.97. The number of hydrogen-bond acceptors (Lipinski definition) is 6. The third-order valence-electron chi connectivity index (χ3n) is 3.72. The second-order valence-electron chi connectivity index (χ2n) is 5.73.